The number of fused-ring (bicyclic) bond motifs is 1. The number of aliphatic hydroxyl groups is 1. The molecule has 2 nitrogen and oxygen atoms in total. The van der Waals surface area contributed by atoms with Gasteiger partial charge in [-0.1, -0.05) is 30.3 Å². The Morgan fingerprint density at radius 3 is 2.62 bits per heavy atom. The summed E-state index contributed by atoms with van der Waals surface area (Å²) in [4.78, 5) is 0. The van der Waals surface area contributed by atoms with Gasteiger partial charge in [-0.3, -0.25) is 0 Å². The molecule has 0 saturated carbocycles. The second-order valence-electron chi connectivity index (χ2n) is 3.63. The van der Waals surface area contributed by atoms with Crippen LogP contribution in [0.5, 0.6) is 5.75 Å². The highest BCUT2D eigenvalue weighted by Crippen LogP contribution is 2.20. The fourth-order valence-corrected chi connectivity index (χ4v) is 1.58. The first-order valence-electron chi connectivity index (χ1n) is 5.15. The van der Waals surface area contributed by atoms with Crippen LogP contribution in [0.15, 0.2) is 42.5 Å². The topological polar surface area (TPSA) is 29.5 Å². The van der Waals surface area contributed by atoms with Crippen LogP contribution in [0.4, 0.5) is 0 Å². The molecule has 0 aliphatic carbocycles. The monoisotopic (exact) mass is 236 g/mol. The zero-order chi connectivity index (χ0) is 11.4. The highest BCUT2D eigenvalue weighted by molar-refractivity contribution is 6.18. The molecule has 0 spiro atoms. The molecule has 84 valence electrons. The third-order valence-corrected chi connectivity index (χ3v) is 2.70. The molecule has 0 aliphatic rings. The molecule has 0 saturated heterocycles. The first-order chi connectivity index (χ1) is 7.79. The Bertz CT molecular complexity index is 470. The van der Waals surface area contributed by atoms with Gasteiger partial charge in [0.15, 0.2) is 0 Å². The van der Waals surface area contributed by atoms with Crippen LogP contribution in [0.1, 0.15) is 0 Å². The molecule has 2 rings (SSSR count). The van der Waals surface area contributed by atoms with Crippen LogP contribution in [0.3, 0.4) is 0 Å². The van der Waals surface area contributed by atoms with Crippen LogP contribution >= 0.6 is 11.6 Å². The number of rotatable bonds is 4. The maximum atomic E-state index is 9.28. The first-order valence-corrected chi connectivity index (χ1v) is 5.68. The summed E-state index contributed by atoms with van der Waals surface area (Å²) < 4.78 is 5.43. The molecule has 1 atom stereocenters. The lowest BCUT2D eigenvalue weighted by molar-refractivity contribution is 0.125. The lowest BCUT2D eigenvalue weighted by atomic mass is 10.1. The lowest BCUT2D eigenvalue weighted by Crippen LogP contribution is -2.18. The lowest BCUT2D eigenvalue weighted by Gasteiger charge is -2.10. The van der Waals surface area contributed by atoms with E-state index in [4.69, 9.17) is 16.3 Å². The van der Waals surface area contributed by atoms with Gasteiger partial charge in [-0.05, 0) is 22.9 Å². The summed E-state index contributed by atoms with van der Waals surface area (Å²) in [6.45, 7) is 0.224. The predicted molar refractivity (Wildman–Crippen MR) is 66.2 cm³/mol. The van der Waals surface area contributed by atoms with E-state index in [1.54, 1.807) is 0 Å². The number of hydrogen-bond donors (Lipinski definition) is 1. The van der Waals surface area contributed by atoms with Crippen LogP contribution < -0.4 is 4.74 Å². The van der Waals surface area contributed by atoms with Crippen molar-refractivity contribution in [2.75, 3.05) is 12.5 Å². The fraction of sp³-hybridized carbons (Fsp3) is 0.231. The van der Waals surface area contributed by atoms with Gasteiger partial charge in [-0.25, -0.2) is 0 Å². The number of benzene rings is 2. The molecule has 1 N–H and O–H groups in total. The summed E-state index contributed by atoms with van der Waals surface area (Å²) in [5.41, 5.74) is 0. The smallest absolute Gasteiger partial charge is 0.120 e. The number of alkyl halides is 1. The first kappa shape index (κ1) is 11.2. The minimum Gasteiger partial charge on any atom is -0.491 e. The third-order valence-electron chi connectivity index (χ3n) is 2.34. The molecule has 2 aromatic rings. The highest BCUT2D eigenvalue weighted by Gasteiger charge is 2.03. The molecular weight excluding hydrogens is 224 g/mol. The number of aliphatic hydroxyl groups excluding tert-OH is 1. The van der Waals surface area contributed by atoms with Gasteiger partial charge in [0.1, 0.15) is 18.5 Å². The maximum absolute atomic E-state index is 9.28. The largest absolute Gasteiger partial charge is 0.491 e. The summed E-state index contributed by atoms with van der Waals surface area (Å²) in [5.74, 6) is 0.941. The molecule has 3 heteroatoms. The summed E-state index contributed by atoms with van der Waals surface area (Å²) >= 11 is 5.48. The van der Waals surface area contributed by atoms with E-state index in [0.29, 0.717) is 0 Å². The van der Waals surface area contributed by atoms with Gasteiger partial charge in [-0.2, -0.15) is 0 Å². The number of halogens is 1. The SMILES string of the molecule is OC(CCl)COc1ccc2ccccc2c1. The van der Waals surface area contributed by atoms with E-state index in [2.05, 4.69) is 0 Å². The quantitative estimate of drug-likeness (QED) is 0.828. The molecule has 0 bridgehead atoms. The Labute approximate surface area is 99.4 Å². The van der Waals surface area contributed by atoms with Crippen LogP contribution in [0.2, 0.25) is 0 Å². The molecule has 1 unspecified atom stereocenters. The van der Waals surface area contributed by atoms with E-state index in [0.717, 1.165) is 11.1 Å². The standard InChI is InChI=1S/C13H13ClO2/c14-8-12(15)9-16-13-6-5-10-3-1-2-4-11(10)7-13/h1-7,12,15H,8-9H2. The predicted octanol–water partition coefficient (Wildman–Crippen LogP) is 2.82. The zero-order valence-electron chi connectivity index (χ0n) is 8.77. The maximum Gasteiger partial charge on any atom is 0.120 e. The molecule has 2 aromatic carbocycles. The van der Waals surface area contributed by atoms with Gasteiger partial charge in [0.25, 0.3) is 0 Å². The molecule has 16 heavy (non-hydrogen) atoms. The van der Waals surface area contributed by atoms with Gasteiger partial charge in [0.2, 0.25) is 0 Å². The van der Waals surface area contributed by atoms with Gasteiger partial charge in [-0.15, -0.1) is 11.6 Å². The Hall–Kier alpha value is -1.25. The number of hydrogen-bond acceptors (Lipinski definition) is 2. The van der Waals surface area contributed by atoms with Crippen molar-refractivity contribution in [3.8, 4) is 5.75 Å². The van der Waals surface area contributed by atoms with E-state index in [1.165, 1.54) is 5.39 Å². The summed E-state index contributed by atoms with van der Waals surface area (Å²) in [6.07, 6.45) is -0.617. The second-order valence-corrected chi connectivity index (χ2v) is 3.94. The van der Waals surface area contributed by atoms with E-state index in [1.807, 2.05) is 42.5 Å². The van der Waals surface area contributed by atoms with Crippen molar-refractivity contribution in [1.29, 1.82) is 0 Å². The van der Waals surface area contributed by atoms with Crippen molar-refractivity contribution < 1.29 is 9.84 Å². The van der Waals surface area contributed by atoms with Crippen LogP contribution in [-0.2, 0) is 0 Å². The Kier molecular flexibility index (Phi) is 3.65. The van der Waals surface area contributed by atoms with Gasteiger partial charge < -0.3 is 9.84 Å². The van der Waals surface area contributed by atoms with Gasteiger partial charge in [0, 0.05) is 0 Å². The van der Waals surface area contributed by atoms with Gasteiger partial charge >= 0.3 is 0 Å². The Morgan fingerprint density at radius 1 is 1.12 bits per heavy atom. The molecule has 0 aliphatic heterocycles. The Balaban J connectivity index is 2.13. The minimum atomic E-state index is -0.617. The van der Waals surface area contributed by atoms with Crippen molar-refractivity contribution >= 4 is 22.4 Å². The second kappa shape index (κ2) is 5.19. The van der Waals surface area contributed by atoms with Crippen LogP contribution in [0.25, 0.3) is 10.8 Å². The normalized spacial score (nSPS) is 12.6. The van der Waals surface area contributed by atoms with Crippen LogP contribution in [0, 0.1) is 0 Å². The molecule has 0 aromatic heterocycles. The molecule has 0 fully saturated rings. The van der Waals surface area contributed by atoms with E-state index >= 15 is 0 Å². The van der Waals surface area contributed by atoms with Crippen molar-refractivity contribution in [2.45, 2.75) is 6.10 Å². The summed E-state index contributed by atoms with van der Waals surface area (Å²) in [5, 5.41) is 11.6. The van der Waals surface area contributed by atoms with Crippen molar-refractivity contribution in [3.05, 3.63) is 42.5 Å². The summed E-state index contributed by atoms with van der Waals surface area (Å²) in [7, 11) is 0. The average molecular weight is 237 g/mol. The summed E-state index contributed by atoms with van der Waals surface area (Å²) in [6, 6.07) is 13.9. The fourth-order valence-electron chi connectivity index (χ4n) is 1.49. The third kappa shape index (κ3) is 2.65. The van der Waals surface area contributed by atoms with Crippen molar-refractivity contribution in [2.24, 2.45) is 0 Å². The minimum absolute atomic E-state index is 0.188. The van der Waals surface area contributed by atoms with E-state index in [9.17, 15) is 5.11 Å². The van der Waals surface area contributed by atoms with Crippen LogP contribution in [-0.4, -0.2) is 23.7 Å². The highest BCUT2D eigenvalue weighted by atomic mass is 35.5. The molecule has 0 radical (unpaired) electrons. The number of ether oxygens (including phenoxy) is 1. The van der Waals surface area contributed by atoms with Crippen molar-refractivity contribution in [3.63, 3.8) is 0 Å². The van der Waals surface area contributed by atoms with Gasteiger partial charge in [0.05, 0.1) is 5.88 Å². The van der Waals surface area contributed by atoms with E-state index in [-0.39, 0.29) is 12.5 Å². The van der Waals surface area contributed by atoms with Crippen molar-refractivity contribution in [1.82, 2.24) is 0 Å². The average Bonchev–Trinajstić information content (AvgIpc) is 2.35. The molecular formula is C13H13ClO2. The Morgan fingerprint density at radius 2 is 1.88 bits per heavy atom. The molecule has 0 heterocycles. The van der Waals surface area contributed by atoms with E-state index < -0.39 is 6.10 Å². The zero-order valence-corrected chi connectivity index (χ0v) is 9.52. The molecule has 0 amide bonds.